The van der Waals surface area contributed by atoms with Gasteiger partial charge in [0.1, 0.15) is 0 Å². The largest absolute Gasteiger partial charge is 0.393 e. The molecule has 18 heavy (non-hydrogen) atoms. The van der Waals surface area contributed by atoms with Crippen LogP contribution in [0.4, 0.5) is 0 Å². The molecule has 0 bridgehead atoms. The van der Waals surface area contributed by atoms with E-state index in [4.69, 9.17) is 4.74 Å². The van der Waals surface area contributed by atoms with Crippen molar-refractivity contribution in [1.29, 1.82) is 0 Å². The lowest BCUT2D eigenvalue weighted by Gasteiger charge is -2.36. The van der Waals surface area contributed by atoms with Crippen molar-refractivity contribution < 1.29 is 9.84 Å². The molecule has 1 saturated carbocycles. The van der Waals surface area contributed by atoms with Crippen molar-refractivity contribution in [2.24, 2.45) is 5.92 Å². The van der Waals surface area contributed by atoms with Crippen molar-refractivity contribution >= 4 is 0 Å². The van der Waals surface area contributed by atoms with Crippen molar-refractivity contribution in [2.75, 3.05) is 26.2 Å². The summed E-state index contributed by atoms with van der Waals surface area (Å²) in [6.45, 7) is 6.67. The molecule has 3 heteroatoms. The molecule has 1 N–H and O–H groups in total. The molecule has 2 fully saturated rings. The fourth-order valence-corrected chi connectivity index (χ4v) is 3.29. The lowest BCUT2D eigenvalue weighted by atomic mass is 9.87. The molecule has 2 rings (SSSR count). The Hall–Kier alpha value is -0.120. The van der Waals surface area contributed by atoms with E-state index < -0.39 is 0 Å². The maximum atomic E-state index is 9.54. The fraction of sp³-hybridized carbons (Fsp3) is 1.00. The Morgan fingerprint density at radius 1 is 1.17 bits per heavy atom. The first kappa shape index (κ1) is 14.3. The van der Waals surface area contributed by atoms with Crippen LogP contribution in [0.15, 0.2) is 0 Å². The van der Waals surface area contributed by atoms with Gasteiger partial charge < -0.3 is 14.7 Å². The number of ether oxygens (including phenoxy) is 1. The quantitative estimate of drug-likeness (QED) is 0.819. The topological polar surface area (TPSA) is 32.7 Å². The summed E-state index contributed by atoms with van der Waals surface area (Å²) in [4.78, 5) is 2.59. The summed E-state index contributed by atoms with van der Waals surface area (Å²) in [6.07, 6.45) is 8.51. The van der Waals surface area contributed by atoms with Crippen molar-refractivity contribution in [3.05, 3.63) is 0 Å². The molecule has 0 unspecified atom stereocenters. The number of likely N-dealkylation sites (tertiary alicyclic amines) is 1. The lowest BCUT2D eigenvalue weighted by Crippen LogP contribution is -2.42. The summed E-state index contributed by atoms with van der Waals surface area (Å²) < 4.78 is 5.89. The van der Waals surface area contributed by atoms with Gasteiger partial charge in [0.05, 0.1) is 12.2 Å². The number of nitrogens with zero attached hydrogens (tertiary/aromatic N) is 1. The summed E-state index contributed by atoms with van der Waals surface area (Å²) in [7, 11) is 0. The highest BCUT2D eigenvalue weighted by atomic mass is 16.5. The van der Waals surface area contributed by atoms with Crippen LogP contribution in [0, 0.1) is 5.92 Å². The maximum Gasteiger partial charge on any atom is 0.0702 e. The molecule has 0 aromatic carbocycles. The minimum absolute atomic E-state index is 0.0248. The molecular formula is C15H29NO2. The van der Waals surface area contributed by atoms with E-state index in [1.165, 1.54) is 38.8 Å². The average molecular weight is 255 g/mol. The van der Waals surface area contributed by atoms with Gasteiger partial charge >= 0.3 is 0 Å². The second kappa shape index (κ2) is 7.46. The van der Waals surface area contributed by atoms with Gasteiger partial charge in [-0.05, 0) is 57.4 Å². The van der Waals surface area contributed by atoms with Gasteiger partial charge in [-0.25, -0.2) is 0 Å². The molecule has 106 valence electrons. The number of rotatable bonds is 5. The molecule has 1 aliphatic heterocycles. The molecule has 0 aromatic heterocycles. The Balaban J connectivity index is 1.68. The summed E-state index contributed by atoms with van der Waals surface area (Å²) >= 11 is 0. The van der Waals surface area contributed by atoms with Crippen molar-refractivity contribution in [1.82, 2.24) is 4.90 Å². The molecule has 2 aliphatic rings. The Morgan fingerprint density at radius 2 is 1.94 bits per heavy atom. The summed E-state index contributed by atoms with van der Waals surface area (Å²) in [5, 5.41) is 9.54. The van der Waals surface area contributed by atoms with Crippen molar-refractivity contribution in [2.45, 2.75) is 64.1 Å². The number of hydrogen-bond donors (Lipinski definition) is 1. The van der Waals surface area contributed by atoms with Crippen LogP contribution in [-0.4, -0.2) is 48.5 Å². The monoisotopic (exact) mass is 255 g/mol. The van der Waals surface area contributed by atoms with Crippen LogP contribution in [-0.2, 0) is 4.74 Å². The van der Waals surface area contributed by atoms with Crippen LogP contribution < -0.4 is 0 Å². The first-order valence-electron chi connectivity index (χ1n) is 7.80. The van der Waals surface area contributed by atoms with E-state index >= 15 is 0 Å². The molecule has 0 aromatic rings. The highest BCUT2D eigenvalue weighted by molar-refractivity contribution is 4.79. The van der Waals surface area contributed by atoms with Gasteiger partial charge in [-0.2, -0.15) is 0 Å². The number of piperidine rings is 1. The van der Waals surface area contributed by atoms with E-state index in [9.17, 15) is 5.11 Å². The molecule has 1 heterocycles. The summed E-state index contributed by atoms with van der Waals surface area (Å²) in [5.41, 5.74) is 0. The molecule has 1 atom stereocenters. The second-order valence-electron chi connectivity index (χ2n) is 6.07. The minimum Gasteiger partial charge on any atom is -0.393 e. The Labute approximate surface area is 112 Å². The van der Waals surface area contributed by atoms with E-state index in [2.05, 4.69) is 11.8 Å². The predicted molar refractivity (Wildman–Crippen MR) is 73.7 cm³/mol. The van der Waals surface area contributed by atoms with E-state index in [-0.39, 0.29) is 6.10 Å². The van der Waals surface area contributed by atoms with Crippen LogP contribution in [0.25, 0.3) is 0 Å². The number of hydrogen-bond acceptors (Lipinski definition) is 3. The highest BCUT2D eigenvalue weighted by Crippen LogP contribution is 2.26. The first-order valence-corrected chi connectivity index (χ1v) is 7.80. The van der Waals surface area contributed by atoms with E-state index in [0.29, 0.717) is 6.10 Å². The minimum atomic E-state index is -0.0248. The van der Waals surface area contributed by atoms with Gasteiger partial charge in [0.15, 0.2) is 0 Å². The van der Waals surface area contributed by atoms with Crippen LogP contribution in [0.2, 0.25) is 0 Å². The van der Waals surface area contributed by atoms with Gasteiger partial charge in [0.2, 0.25) is 0 Å². The normalized spacial score (nSPS) is 34.7. The van der Waals surface area contributed by atoms with Gasteiger partial charge in [-0.1, -0.05) is 6.92 Å². The molecule has 1 saturated heterocycles. The Bertz CT molecular complexity index is 227. The molecule has 0 radical (unpaired) electrons. The van der Waals surface area contributed by atoms with E-state index in [1.54, 1.807) is 0 Å². The Kier molecular flexibility index (Phi) is 5.93. The standard InChI is InChI=1S/C15H29NO2/c1-2-10-18-15-4-3-9-16(12-15)11-13-5-7-14(17)8-6-13/h13-15,17H,2-12H2,1H3/t13?,14?,15-/m1/s1. The summed E-state index contributed by atoms with van der Waals surface area (Å²) in [5.74, 6) is 0.804. The second-order valence-corrected chi connectivity index (χ2v) is 6.07. The van der Waals surface area contributed by atoms with E-state index in [1.807, 2.05) is 0 Å². The van der Waals surface area contributed by atoms with Gasteiger partial charge in [-0.3, -0.25) is 0 Å². The smallest absolute Gasteiger partial charge is 0.0702 e. The highest BCUT2D eigenvalue weighted by Gasteiger charge is 2.25. The molecular weight excluding hydrogens is 226 g/mol. The third-order valence-corrected chi connectivity index (χ3v) is 4.35. The van der Waals surface area contributed by atoms with Crippen molar-refractivity contribution in [3.8, 4) is 0 Å². The lowest BCUT2D eigenvalue weighted by molar-refractivity contribution is -0.00759. The molecule has 0 spiro atoms. The van der Waals surface area contributed by atoms with Crippen LogP contribution in [0.1, 0.15) is 51.9 Å². The zero-order chi connectivity index (χ0) is 12.8. The molecule has 1 aliphatic carbocycles. The first-order chi connectivity index (χ1) is 8.78. The zero-order valence-electron chi connectivity index (χ0n) is 11.8. The summed E-state index contributed by atoms with van der Waals surface area (Å²) in [6, 6.07) is 0. The maximum absolute atomic E-state index is 9.54. The molecule has 3 nitrogen and oxygen atoms in total. The fourth-order valence-electron chi connectivity index (χ4n) is 3.29. The van der Waals surface area contributed by atoms with Gasteiger partial charge in [-0.15, -0.1) is 0 Å². The number of aliphatic hydroxyl groups excluding tert-OH is 1. The third-order valence-electron chi connectivity index (χ3n) is 4.35. The number of aliphatic hydroxyl groups is 1. The van der Waals surface area contributed by atoms with E-state index in [0.717, 1.165) is 38.3 Å². The average Bonchev–Trinajstić information content (AvgIpc) is 2.40. The Morgan fingerprint density at radius 3 is 2.67 bits per heavy atom. The van der Waals surface area contributed by atoms with Crippen LogP contribution in [0.3, 0.4) is 0 Å². The SMILES string of the molecule is CCCO[C@@H]1CCCN(CC2CCC(O)CC2)C1. The van der Waals surface area contributed by atoms with Gasteiger partial charge in [0, 0.05) is 19.7 Å². The van der Waals surface area contributed by atoms with Crippen molar-refractivity contribution in [3.63, 3.8) is 0 Å². The predicted octanol–water partition coefficient (Wildman–Crippen LogP) is 2.43. The third kappa shape index (κ3) is 4.52. The van der Waals surface area contributed by atoms with Gasteiger partial charge in [0.25, 0.3) is 0 Å². The zero-order valence-corrected chi connectivity index (χ0v) is 11.8. The van der Waals surface area contributed by atoms with Crippen LogP contribution >= 0.6 is 0 Å². The molecule has 0 amide bonds. The van der Waals surface area contributed by atoms with Crippen LogP contribution in [0.5, 0.6) is 0 Å².